The molecule has 1 amide bonds. The molecule has 0 radical (unpaired) electrons. The summed E-state index contributed by atoms with van der Waals surface area (Å²) in [5.41, 5.74) is 1.77. The number of aliphatic imine (C=N–C) groups is 1. The maximum Gasteiger partial charge on any atom is 0.433 e. The molecule has 4 heteroatoms. The first-order valence-electron chi connectivity index (χ1n) is 5.75. The third kappa shape index (κ3) is 4.34. The van der Waals surface area contributed by atoms with E-state index in [1.807, 2.05) is 54.6 Å². The van der Waals surface area contributed by atoms with Crippen molar-refractivity contribution in [3.63, 3.8) is 0 Å². The van der Waals surface area contributed by atoms with E-state index >= 15 is 0 Å². The molecule has 2 aromatic carbocycles. The van der Waals surface area contributed by atoms with Gasteiger partial charge in [-0.1, -0.05) is 64.5 Å². The van der Waals surface area contributed by atoms with E-state index in [-0.39, 0.29) is 6.61 Å². The minimum absolute atomic E-state index is 0.229. The number of nitrogens with zero attached hydrogens (tertiary/aromatic N) is 1. The number of hydrogen-bond donors (Lipinski definition) is 0. The highest BCUT2D eigenvalue weighted by molar-refractivity contribution is 9.10. The average molecular weight is 318 g/mol. The Bertz CT molecular complexity index is 582. The largest absolute Gasteiger partial charge is 0.443 e. The number of rotatable bonds is 3. The number of ether oxygens (including phenoxy) is 1. The van der Waals surface area contributed by atoms with Crippen LogP contribution in [0.1, 0.15) is 11.1 Å². The fourth-order valence-corrected chi connectivity index (χ4v) is 1.85. The summed E-state index contributed by atoms with van der Waals surface area (Å²) in [6.45, 7) is 0.229. The van der Waals surface area contributed by atoms with Gasteiger partial charge in [0.25, 0.3) is 0 Å². The van der Waals surface area contributed by atoms with E-state index in [9.17, 15) is 4.79 Å². The van der Waals surface area contributed by atoms with Gasteiger partial charge in [-0.15, -0.1) is 0 Å². The first-order valence-corrected chi connectivity index (χ1v) is 6.54. The Balaban J connectivity index is 1.90. The molecule has 0 saturated heterocycles. The van der Waals surface area contributed by atoms with Crippen LogP contribution in [0.3, 0.4) is 0 Å². The Morgan fingerprint density at radius 1 is 1.11 bits per heavy atom. The smallest absolute Gasteiger partial charge is 0.433 e. The van der Waals surface area contributed by atoms with Crippen LogP contribution in [-0.4, -0.2) is 12.3 Å². The van der Waals surface area contributed by atoms with Gasteiger partial charge in [-0.05, 0) is 11.6 Å². The number of amides is 1. The fourth-order valence-electron chi connectivity index (χ4n) is 1.46. The van der Waals surface area contributed by atoms with Gasteiger partial charge < -0.3 is 4.74 Å². The molecule has 0 fully saturated rings. The summed E-state index contributed by atoms with van der Waals surface area (Å²) in [4.78, 5) is 15.2. The quantitative estimate of drug-likeness (QED) is 0.795. The van der Waals surface area contributed by atoms with Crippen molar-refractivity contribution >= 4 is 28.2 Å². The molecule has 0 atom stereocenters. The van der Waals surface area contributed by atoms with Gasteiger partial charge in [0, 0.05) is 16.3 Å². The summed E-state index contributed by atoms with van der Waals surface area (Å²) in [5.74, 6) is 0. The zero-order valence-corrected chi connectivity index (χ0v) is 11.7. The van der Waals surface area contributed by atoms with Crippen molar-refractivity contribution < 1.29 is 9.53 Å². The lowest BCUT2D eigenvalue weighted by atomic mass is 10.2. The van der Waals surface area contributed by atoms with E-state index in [1.54, 1.807) is 0 Å². The Hall–Kier alpha value is -1.94. The van der Waals surface area contributed by atoms with Crippen LogP contribution >= 0.6 is 15.9 Å². The van der Waals surface area contributed by atoms with Gasteiger partial charge in [-0.25, -0.2) is 4.79 Å². The second-order valence-electron chi connectivity index (χ2n) is 3.82. The van der Waals surface area contributed by atoms with Crippen LogP contribution in [0.5, 0.6) is 0 Å². The van der Waals surface area contributed by atoms with Crippen LogP contribution in [0.4, 0.5) is 4.79 Å². The average Bonchev–Trinajstić information content (AvgIpc) is 2.45. The van der Waals surface area contributed by atoms with Crippen LogP contribution in [0.25, 0.3) is 0 Å². The van der Waals surface area contributed by atoms with E-state index in [1.165, 1.54) is 6.21 Å². The molecule has 0 bridgehead atoms. The molecule has 0 heterocycles. The summed E-state index contributed by atoms with van der Waals surface area (Å²) >= 11 is 3.38. The number of hydrogen-bond acceptors (Lipinski definition) is 2. The lowest BCUT2D eigenvalue weighted by Crippen LogP contribution is -2.00. The lowest BCUT2D eigenvalue weighted by Gasteiger charge is -2.01. The van der Waals surface area contributed by atoms with E-state index in [0.29, 0.717) is 0 Å². The van der Waals surface area contributed by atoms with Crippen molar-refractivity contribution in [3.8, 4) is 0 Å². The zero-order chi connectivity index (χ0) is 13.5. The number of halogens is 1. The maximum atomic E-state index is 11.5. The van der Waals surface area contributed by atoms with E-state index < -0.39 is 6.09 Å². The highest BCUT2D eigenvalue weighted by Crippen LogP contribution is 2.13. The number of benzene rings is 2. The van der Waals surface area contributed by atoms with E-state index in [0.717, 1.165) is 15.6 Å². The third-order valence-corrected chi connectivity index (χ3v) is 3.14. The summed E-state index contributed by atoms with van der Waals surface area (Å²) in [5, 5.41) is 0. The van der Waals surface area contributed by atoms with Gasteiger partial charge >= 0.3 is 6.09 Å². The molecule has 19 heavy (non-hydrogen) atoms. The molecule has 0 aromatic heterocycles. The molecular weight excluding hydrogens is 306 g/mol. The highest BCUT2D eigenvalue weighted by atomic mass is 79.9. The minimum atomic E-state index is -0.598. The van der Waals surface area contributed by atoms with Crippen molar-refractivity contribution in [2.75, 3.05) is 0 Å². The summed E-state index contributed by atoms with van der Waals surface area (Å²) < 4.78 is 5.92. The van der Waals surface area contributed by atoms with Crippen LogP contribution in [0.2, 0.25) is 0 Å². The zero-order valence-electron chi connectivity index (χ0n) is 10.1. The predicted octanol–water partition coefficient (Wildman–Crippen LogP) is 4.20. The second-order valence-corrected chi connectivity index (χ2v) is 4.67. The van der Waals surface area contributed by atoms with Crippen LogP contribution in [0, 0.1) is 0 Å². The van der Waals surface area contributed by atoms with Crippen molar-refractivity contribution in [2.45, 2.75) is 6.61 Å². The SMILES string of the molecule is O=C(/N=C/c1ccccc1Br)OCc1ccccc1. The van der Waals surface area contributed by atoms with Crippen LogP contribution < -0.4 is 0 Å². The van der Waals surface area contributed by atoms with Gasteiger partial charge in [-0.3, -0.25) is 0 Å². The topological polar surface area (TPSA) is 38.7 Å². The fraction of sp³-hybridized carbons (Fsp3) is 0.0667. The Morgan fingerprint density at radius 2 is 1.79 bits per heavy atom. The summed E-state index contributed by atoms with van der Waals surface area (Å²) in [6.07, 6.45) is 0.886. The van der Waals surface area contributed by atoms with Crippen molar-refractivity contribution in [1.29, 1.82) is 0 Å². The molecule has 0 aliphatic carbocycles. The first kappa shape index (κ1) is 13.5. The molecule has 2 rings (SSSR count). The van der Waals surface area contributed by atoms with Gasteiger partial charge in [0.05, 0.1) is 0 Å². The Labute approximate surface area is 120 Å². The van der Waals surface area contributed by atoms with E-state index in [4.69, 9.17) is 4.74 Å². The lowest BCUT2D eigenvalue weighted by molar-refractivity contribution is 0.151. The van der Waals surface area contributed by atoms with Gasteiger partial charge in [0.15, 0.2) is 0 Å². The molecule has 0 aliphatic rings. The predicted molar refractivity (Wildman–Crippen MR) is 78.4 cm³/mol. The molecule has 0 spiro atoms. The standard InChI is InChI=1S/C15H12BrNO2/c16-14-9-5-4-8-13(14)10-17-15(18)19-11-12-6-2-1-3-7-12/h1-10H,11H2/b17-10+. The number of carbonyl (C=O) groups is 1. The molecule has 96 valence electrons. The third-order valence-electron chi connectivity index (χ3n) is 2.42. The van der Waals surface area contributed by atoms with Crippen LogP contribution in [-0.2, 0) is 11.3 Å². The second kappa shape index (κ2) is 6.85. The minimum Gasteiger partial charge on any atom is -0.443 e. The van der Waals surface area contributed by atoms with Gasteiger partial charge in [-0.2, -0.15) is 4.99 Å². The Kier molecular flexibility index (Phi) is 4.86. The number of carbonyl (C=O) groups excluding carboxylic acids is 1. The van der Waals surface area contributed by atoms with E-state index in [2.05, 4.69) is 20.9 Å². The van der Waals surface area contributed by atoms with Crippen molar-refractivity contribution in [2.24, 2.45) is 4.99 Å². The molecule has 3 nitrogen and oxygen atoms in total. The van der Waals surface area contributed by atoms with Crippen molar-refractivity contribution in [3.05, 3.63) is 70.2 Å². The maximum absolute atomic E-state index is 11.5. The molecule has 0 unspecified atom stereocenters. The van der Waals surface area contributed by atoms with Crippen LogP contribution in [0.15, 0.2) is 64.1 Å². The molecular formula is C15H12BrNO2. The van der Waals surface area contributed by atoms with Crippen molar-refractivity contribution in [1.82, 2.24) is 0 Å². The first-order chi connectivity index (χ1) is 9.25. The summed E-state index contributed by atoms with van der Waals surface area (Å²) in [7, 11) is 0. The molecule has 0 N–H and O–H groups in total. The molecule has 2 aromatic rings. The molecule has 0 aliphatic heterocycles. The monoisotopic (exact) mass is 317 g/mol. The highest BCUT2D eigenvalue weighted by Gasteiger charge is 2.00. The molecule has 0 saturated carbocycles. The Morgan fingerprint density at radius 3 is 2.53 bits per heavy atom. The van der Waals surface area contributed by atoms with Gasteiger partial charge in [0.2, 0.25) is 0 Å². The summed E-state index contributed by atoms with van der Waals surface area (Å²) in [6, 6.07) is 17.0. The normalized spacial score (nSPS) is 10.6. The van der Waals surface area contributed by atoms with Gasteiger partial charge in [0.1, 0.15) is 6.61 Å².